The van der Waals surface area contributed by atoms with E-state index >= 15 is 0 Å². The highest BCUT2D eigenvalue weighted by atomic mass is 127. The highest BCUT2D eigenvalue weighted by Crippen LogP contribution is 2.31. The van der Waals surface area contributed by atoms with Gasteiger partial charge in [-0.25, -0.2) is 13.4 Å². The van der Waals surface area contributed by atoms with Gasteiger partial charge in [-0.1, -0.05) is 24.3 Å². The van der Waals surface area contributed by atoms with Gasteiger partial charge in [-0.3, -0.25) is 0 Å². The van der Waals surface area contributed by atoms with Crippen LogP contribution in [0.5, 0.6) is 17.2 Å². The van der Waals surface area contributed by atoms with Crippen LogP contribution in [0.25, 0.3) is 0 Å². The van der Waals surface area contributed by atoms with E-state index < -0.39 is 14.6 Å². The van der Waals surface area contributed by atoms with Gasteiger partial charge in [-0.2, -0.15) is 0 Å². The minimum atomic E-state index is -3.09. The number of guanidine groups is 1. The normalized spacial score (nSPS) is 17.2. The molecule has 0 unspecified atom stereocenters. The Kier molecular flexibility index (Phi) is 9.20. The number of sulfone groups is 1. The van der Waals surface area contributed by atoms with Crippen LogP contribution in [-0.2, 0) is 16.4 Å². The van der Waals surface area contributed by atoms with E-state index in [2.05, 4.69) is 5.32 Å². The van der Waals surface area contributed by atoms with Crippen LogP contribution in [0.4, 0.5) is 0 Å². The number of methoxy groups -OCH3 is 1. The van der Waals surface area contributed by atoms with Gasteiger partial charge in [0.25, 0.3) is 0 Å². The summed E-state index contributed by atoms with van der Waals surface area (Å²) in [4.78, 5) is 6.77. The van der Waals surface area contributed by atoms with E-state index in [9.17, 15) is 8.42 Å². The molecular weight excluding hydrogens is 541 g/mol. The molecular formula is C23H32IN3O4S. The number of nitrogens with zero attached hydrogens (tertiary/aromatic N) is 2. The van der Waals surface area contributed by atoms with Gasteiger partial charge < -0.3 is 19.7 Å². The molecule has 2 aromatic carbocycles. The zero-order valence-electron chi connectivity index (χ0n) is 19.0. The Morgan fingerprint density at radius 1 is 1.12 bits per heavy atom. The molecule has 0 saturated carbocycles. The second-order valence-electron chi connectivity index (χ2n) is 8.07. The van der Waals surface area contributed by atoms with E-state index in [1.54, 1.807) is 21.0 Å². The number of benzene rings is 2. The minimum absolute atomic E-state index is 0. The number of aliphatic imine (C=N–C) groups is 1. The predicted octanol–water partition coefficient (Wildman–Crippen LogP) is 4.08. The van der Waals surface area contributed by atoms with Crippen LogP contribution in [0.2, 0.25) is 0 Å². The highest BCUT2D eigenvalue weighted by molar-refractivity contribution is 14.0. The number of hydrogen-bond donors (Lipinski definition) is 1. The zero-order chi connectivity index (χ0) is 22.5. The smallest absolute Gasteiger partial charge is 0.194 e. The number of ether oxygens (including phenoxy) is 2. The fourth-order valence-electron chi connectivity index (χ4n) is 3.41. The molecule has 0 atom stereocenters. The summed E-state index contributed by atoms with van der Waals surface area (Å²) >= 11 is 0. The van der Waals surface area contributed by atoms with Crippen LogP contribution in [0, 0.1) is 0 Å². The molecule has 0 radical (unpaired) electrons. The maximum atomic E-state index is 12.3. The molecule has 1 fully saturated rings. The van der Waals surface area contributed by atoms with Crippen molar-refractivity contribution in [3.63, 3.8) is 0 Å². The Morgan fingerprint density at radius 3 is 2.38 bits per heavy atom. The maximum absolute atomic E-state index is 12.3. The average molecular weight is 573 g/mol. The van der Waals surface area contributed by atoms with Crippen molar-refractivity contribution in [3.8, 4) is 17.2 Å². The van der Waals surface area contributed by atoms with E-state index in [1.165, 1.54) is 0 Å². The number of nitrogens with one attached hydrogen (secondary N) is 1. The standard InChI is InChI=1S/C23H31N3O4S.HI/c1-5-24-22(26-14-15-31(27,28)23(2,3)17-26)25-16-18-10-12-19(13-11-18)30-21-9-7-6-8-20(21)29-4;/h6-13H,5,14-17H2,1-4H3,(H,24,25);1H. The minimum Gasteiger partial charge on any atom is -0.493 e. The lowest BCUT2D eigenvalue weighted by Crippen LogP contribution is -2.57. The van der Waals surface area contributed by atoms with Gasteiger partial charge >= 0.3 is 0 Å². The molecule has 3 rings (SSSR count). The van der Waals surface area contributed by atoms with Crippen LogP contribution >= 0.6 is 24.0 Å². The molecule has 0 bridgehead atoms. The number of halogens is 1. The van der Waals surface area contributed by atoms with Crippen LogP contribution in [0.1, 0.15) is 26.3 Å². The lowest BCUT2D eigenvalue weighted by atomic mass is 10.2. The van der Waals surface area contributed by atoms with Crippen molar-refractivity contribution in [2.75, 3.05) is 32.5 Å². The third-order valence-electron chi connectivity index (χ3n) is 5.31. The highest BCUT2D eigenvalue weighted by Gasteiger charge is 2.40. The van der Waals surface area contributed by atoms with Crippen LogP contribution < -0.4 is 14.8 Å². The molecule has 0 spiro atoms. The van der Waals surface area contributed by atoms with E-state index in [0.29, 0.717) is 43.4 Å². The summed E-state index contributed by atoms with van der Waals surface area (Å²) in [6, 6.07) is 15.3. The maximum Gasteiger partial charge on any atom is 0.194 e. The Morgan fingerprint density at radius 2 is 1.78 bits per heavy atom. The Bertz CT molecular complexity index is 1020. The van der Waals surface area contributed by atoms with Crippen LogP contribution in [0.15, 0.2) is 53.5 Å². The van der Waals surface area contributed by atoms with Gasteiger partial charge in [-0.05, 0) is 50.6 Å². The molecule has 0 aliphatic carbocycles. The first-order chi connectivity index (χ1) is 14.8. The predicted molar refractivity (Wildman–Crippen MR) is 139 cm³/mol. The van der Waals surface area contributed by atoms with Crippen LogP contribution in [0.3, 0.4) is 0 Å². The third-order valence-corrected chi connectivity index (χ3v) is 7.84. The molecule has 1 saturated heterocycles. The molecule has 0 aromatic heterocycles. The van der Waals surface area contributed by atoms with Gasteiger partial charge in [-0.15, -0.1) is 24.0 Å². The molecule has 1 aliphatic rings. The summed E-state index contributed by atoms with van der Waals surface area (Å²) in [7, 11) is -1.48. The van der Waals surface area contributed by atoms with Crippen molar-refractivity contribution in [3.05, 3.63) is 54.1 Å². The van der Waals surface area contributed by atoms with E-state index in [4.69, 9.17) is 14.5 Å². The first-order valence-electron chi connectivity index (χ1n) is 10.4. The Balaban J connectivity index is 0.00000363. The third kappa shape index (κ3) is 6.28. The van der Waals surface area contributed by atoms with Crippen molar-refractivity contribution in [1.82, 2.24) is 10.2 Å². The molecule has 1 heterocycles. The number of hydrogen-bond acceptors (Lipinski definition) is 5. The lowest BCUT2D eigenvalue weighted by molar-refractivity contribution is 0.353. The number of rotatable bonds is 6. The van der Waals surface area contributed by atoms with Gasteiger partial charge in [0.15, 0.2) is 27.3 Å². The Labute approximate surface area is 208 Å². The summed E-state index contributed by atoms with van der Waals surface area (Å²) in [6.07, 6.45) is 0. The summed E-state index contributed by atoms with van der Waals surface area (Å²) in [5.74, 6) is 2.93. The van der Waals surface area contributed by atoms with Gasteiger partial charge in [0.05, 0.1) is 24.2 Å². The fourth-order valence-corrected chi connectivity index (χ4v) is 4.78. The quantitative estimate of drug-likeness (QED) is 0.319. The van der Waals surface area contributed by atoms with Crippen LogP contribution in [-0.4, -0.2) is 56.5 Å². The second-order valence-corrected chi connectivity index (χ2v) is 10.8. The molecule has 2 aromatic rings. The van der Waals surface area contributed by atoms with Crippen molar-refractivity contribution < 1.29 is 17.9 Å². The Hall–Kier alpha value is -2.01. The molecule has 32 heavy (non-hydrogen) atoms. The largest absolute Gasteiger partial charge is 0.493 e. The summed E-state index contributed by atoms with van der Waals surface area (Å²) < 4.78 is 35.1. The zero-order valence-corrected chi connectivity index (χ0v) is 22.1. The lowest BCUT2D eigenvalue weighted by Gasteiger charge is -2.39. The van der Waals surface area contributed by atoms with Crippen molar-refractivity contribution in [1.29, 1.82) is 0 Å². The van der Waals surface area contributed by atoms with Crippen molar-refractivity contribution in [2.24, 2.45) is 4.99 Å². The summed E-state index contributed by atoms with van der Waals surface area (Å²) in [5.41, 5.74) is 1.03. The summed E-state index contributed by atoms with van der Waals surface area (Å²) in [5, 5.41) is 3.29. The molecule has 9 heteroatoms. The van der Waals surface area contributed by atoms with Crippen molar-refractivity contribution in [2.45, 2.75) is 32.1 Å². The van der Waals surface area contributed by atoms with Crippen molar-refractivity contribution >= 4 is 39.8 Å². The topological polar surface area (TPSA) is 80.2 Å². The molecule has 1 N–H and O–H groups in total. The first-order valence-corrected chi connectivity index (χ1v) is 12.1. The molecule has 0 amide bonds. The van der Waals surface area contributed by atoms with E-state index in [1.807, 2.05) is 60.4 Å². The fraction of sp³-hybridized carbons (Fsp3) is 0.435. The monoisotopic (exact) mass is 573 g/mol. The summed E-state index contributed by atoms with van der Waals surface area (Å²) in [6.45, 7) is 7.63. The van der Waals surface area contributed by atoms with Gasteiger partial charge in [0.2, 0.25) is 0 Å². The van der Waals surface area contributed by atoms with E-state index in [-0.39, 0.29) is 29.7 Å². The molecule has 176 valence electrons. The van der Waals surface area contributed by atoms with Gasteiger partial charge in [0.1, 0.15) is 5.75 Å². The first kappa shape index (κ1) is 26.2. The van der Waals surface area contributed by atoms with E-state index in [0.717, 1.165) is 11.5 Å². The molecule has 1 aliphatic heterocycles. The second kappa shape index (κ2) is 11.2. The van der Waals surface area contributed by atoms with Gasteiger partial charge in [0, 0.05) is 19.6 Å². The number of para-hydroxylation sites is 2. The average Bonchev–Trinajstić information content (AvgIpc) is 2.74. The molecule has 7 nitrogen and oxygen atoms in total. The SMILES string of the molecule is CCNC(=NCc1ccc(Oc2ccccc2OC)cc1)N1CCS(=O)(=O)C(C)(C)C1.I.